The van der Waals surface area contributed by atoms with Crippen molar-refractivity contribution >= 4 is 15.9 Å². The van der Waals surface area contributed by atoms with E-state index in [0.717, 1.165) is 28.6 Å². The van der Waals surface area contributed by atoms with Gasteiger partial charge in [0, 0.05) is 19.6 Å². The number of likely N-dealkylation sites (N-methyl/N-ethyl adjacent to an activating group) is 1. The number of sulfonamides is 1. The minimum Gasteiger partial charge on any atom is -0.435 e. The van der Waals surface area contributed by atoms with E-state index in [-0.39, 0.29) is 23.6 Å². The normalized spacial score (nSPS) is 22.3. The van der Waals surface area contributed by atoms with Crippen molar-refractivity contribution in [2.24, 2.45) is 5.73 Å². The second-order valence-corrected chi connectivity index (χ2v) is 6.94. The summed E-state index contributed by atoms with van der Waals surface area (Å²) in [6, 6.07) is 3.22. The summed E-state index contributed by atoms with van der Waals surface area (Å²) >= 11 is 0. The summed E-state index contributed by atoms with van der Waals surface area (Å²) in [5.41, 5.74) is 5.77. The van der Waals surface area contributed by atoms with Gasteiger partial charge in [0.1, 0.15) is 11.8 Å². The monoisotopic (exact) mass is 349 g/mol. The lowest BCUT2D eigenvalue weighted by Crippen LogP contribution is -2.44. The molecule has 0 aromatic heterocycles. The van der Waals surface area contributed by atoms with Crippen LogP contribution in [0, 0.1) is 0 Å². The molecule has 3 N–H and O–H groups in total. The Labute approximate surface area is 132 Å². The van der Waals surface area contributed by atoms with Crippen molar-refractivity contribution in [1.29, 1.82) is 0 Å². The van der Waals surface area contributed by atoms with Crippen molar-refractivity contribution in [3.8, 4) is 5.75 Å². The third-order valence-electron chi connectivity index (χ3n) is 3.49. The first-order valence-corrected chi connectivity index (χ1v) is 8.23. The number of hydrogen-bond acceptors (Lipinski definition) is 5. The number of hydrogen-bond donors (Lipinski definition) is 2. The van der Waals surface area contributed by atoms with Crippen LogP contribution in [-0.2, 0) is 14.8 Å². The van der Waals surface area contributed by atoms with Gasteiger partial charge < -0.3 is 15.8 Å². The number of amides is 1. The van der Waals surface area contributed by atoms with Crippen LogP contribution in [0.4, 0.5) is 8.78 Å². The minimum absolute atomic E-state index is 0.00963. The van der Waals surface area contributed by atoms with E-state index in [9.17, 15) is 22.0 Å². The van der Waals surface area contributed by atoms with Gasteiger partial charge in [0.2, 0.25) is 15.9 Å². The lowest BCUT2D eigenvalue weighted by Gasteiger charge is -2.22. The van der Waals surface area contributed by atoms with Gasteiger partial charge in [0.25, 0.3) is 0 Å². The highest BCUT2D eigenvalue weighted by atomic mass is 32.2. The molecular formula is C13H17F2N3O4S. The zero-order valence-electron chi connectivity index (χ0n) is 12.3. The molecule has 0 aliphatic carbocycles. The minimum atomic E-state index is -3.97. The van der Waals surface area contributed by atoms with E-state index in [1.165, 1.54) is 7.05 Å². The average molecular weight is 349 g/mol. The molecule has 1 heterocycles. The summed E-state index contributed by atoms with van der Waals surface area (Å²) in [6.45, 7) is -2.98. The average Bonchev–Trinajstić information content (AvgIpc) is 2.89. The van der Waals surface area contributed by atoms with E-state index in [2.05, 4.69) is 10.1 Å². The summed E-state index contributed by atoms with van der Waals surface area (Å²) in [4.78, 5) is 11.7. The van der Waals surface area contributed by atoms with Gasteiger partial charge in [-0.05, 0) is 30.7 Å². The van der Waals surface area contributed by atoms with Gasteiger partial charge in [-0.1, -0.05) is 0 Å². The van der Waals surface area contributed by atoms with Crippen molar-refractivity contribution in [3.05, 3.63) is 24.3 Å². The van der Waals surface area contributed by atoms with Gasteiger partial charge in [0.15, 0.2) is 0 Å². The Bertz CT molecular complexity index is 666. The molecule has 0 saturated carbocycles. The molecule has 1 amide bonds. The summed E-state index contributed by atoms with van der Waals surface area (Å²) < 4.78 is 54.7. The predicted octanol–water partition coefficient (Wildman–Crippen LogP) is 0.124. The Kier molecular flexibility index (Phi) is 5.17. The lowest BCUT2D eigenvalue weighted by molar-refractivity contribution is -0.123. The Hall–Kier alpha value is -1.78. The summed E-state index contributed by atoms with van der Waals surface area (Å²) in [5, 5.41) is 2.41. The molecule has 0 spiro atoms. The Morgan fingerprint density at radius 3 is 2.52 bits per heavy atom. The Balaban J connectivity index is 2.28. The van der Waals surface area contributed by atoms with Crippen molar-refractivity contribution in [2.75, 3.05) is 13.6 Å². The van der Waals surface area contributed by atoms with E-state index >= 15 is 0 Å². The van der Waals surface area contributed by atoms with E-state index in [1.54, 1.807) is 0 Å². The highest BCUT2D eigenvalue weighted by Gasteiger charge is 2.42. The van der Waals surface area contributed by atoms with Crippen molar-refractivity contribution in [3.63, 3.8) is 0 Å². The van der Waals surface area contributed by atoms with E-state index in [4.69, 9.17) is 5.73 Å². The van der Waals surface area contributed by atoms with Crippen LogP contribution in [0.15, 0.2) is 29.2 Å². The summed E-state index contributed by atoms with van der Waals surface area (Å²) in [6.07, 6.45) is 0.214. The fraction of sp³-hybridized carbons (Fsp3) is 0.462. The number of rotatable bonds is 5. The Morgan fingerprint density at radius 1 is 1.39 bits per heavy atom. The maximum Gasteiger partial charge on any atom is 0.387 e. The topological polar surface area (TPSA) is 102 Å². The molecule has 7 nitrogen and oxygen atoms in total. The van der Waals surface area contributed by atoms with E-state index < -0.39 is 34.6 Å². The number of nitrogens with zero attached hydrogens (tertiary/aromatic N) is 1. The lowest BCUT2D eigenvalue weighted by atomic mass is 10.2. The number of alkyl halides is 2. The largest absolute Gasteiger partial charge is 0.435 e. The third kappa shape index (κ3) is 3.77. The molecule has 1 aromatic rings. The summed E-state index contributed by atoms with van der Waals surface area (Å²) in [5.74, 6) is -0.598. The molecule has 23 heavy (non-hydrogen) atoms. The van der Waals surface area contributed by atoms with Gasteiger partial charge in [-0.2, -0.15) is 13.1 Å². The first kappa shape index (κ1) is 17.6. The molecule has 1 aliphatic rings. The van der Waals surface area contributed by atoms with Crippen LogP contribution in [0.1, 0.15) is 6.42 Å². The third-order valence-corrected chi connectivity index (χ3v) is 5.38. The maximum atomic E-state index is 12.6. The van der Waals surface area contributed by atoms with Gasteiger partial charge >= 0.3 is 6.61 Å². The molecule has 128 valence electrons. The van der Waals surface area contributed by atoms with E-state index in [1.807, 2.05) is 0 Å². The Morgan fingerprint density at radius 2 is 2.00 bits per heavy atom. The zero-order chi connectivity index (χ0) is 17.2. The van der Waals surface area contributed by atoms with Crippen LogP contribution in [0.25, 0.3) is 0 Å². The fourth-order valence-corrected chi connectivity index (χ4v) is 4.09. The standard InChI is InChI=1S/C13H17F2N3O4S/c1-17-12(19)11-6-8(16)7-18(11)23(20,21)10-4-2-9(3-5-10)22-13(14)15/h2-5,8,11,13H,6-7,16H2,1H3,(H,17,19)/t8-,11+/m1/s1. The summed E-state index contributed by atoms with van der Waals surface area (Å²) in [7, 11) is -2.56. The number of nitrogens with two attached hydrogens (primary N) is 1. The molecular weight excluding hydrogens is 332 g/mol. The van der Waals surface area contributed by atoms with Crippen LogP contribution in [-0.4, -0.2) is 50.9 Å². The second-order valence-electron chi connectivity index (χ2n) is 5.05. The zero-order valence-corrected chi connectivity index (χ0v) is 13.1. The smallest absolute Gasteiger partial charge is 0.387 e. The molecule has 1 aliphatic heterocycles. The number of ether oxygens (including phenoxy) is 1. The number of halogens is 2. The molecule has 2 atom stereocenters. The van der Waals surface area contributed by atoms with Crippen LogP contribution in [0.2, 0.25) is 0 Å². The van der Waals surface area contributed by atoms with Gasteiger partial charge in [-0.3, -0.25) is 4.79 Å². The predicted molar refractivity (Wildman–Crippen MR) is 77.4 cm³/mol. The highest BCUT2D eigenvalue weighted by molar-refractivity contribution is 7.89. The van der Waals surface area contributed by atoms with Crippen LogP contribution in [0.5, 0.6) is 5.75 Å². The van der Waals surface area contributed by atoms with Crippen molar-refractivity contribution in [2.45, 2.75) is 30.0 Å². The highest BCUT2D eigenvalue weighted by Crippen LogP contribution is 2.27. The van der Waals surface area contributed by atoms with E-state index in [0.29, 0.717) is 0 Å². The first-order chi connectivity index (χ1) is 10.8. The number of nitrogens with one attached hydrogen (secondary N) is 1. The van der Waals surface area contributed by atoms with Crippen molar-refractivity contribution < 1.29 is 26.7 Å². The molecule has 1 aromatic carbocycles. The SMILES string of the molecule is CNC(=O)[C@@H]1C[C@@H](N)CN1S(=O)(=O)c1ccc(OC(F)F)cc1. The van der Waals surface area contributed by atoms with Gasteiger partial charge in [-0.15, -0.1) is 0 Å². The number of benzene rings is 1. The van der Waals surface area contributed by atoms with Crippen LogP contribution in [0.3, 0.4) is 0 Å². The molecule has 0 bridgehead atoms. The van der Waals surface area contributed by atoms with Gasteiger partial charge in [-0.25, -0.2) is 8.42 Å². The molecule has 1 fully saturated rings. The molecule has 0 radical (unpaired) electrons. The van der Waals surface area contributed by atoms with Gasteiger partial charge in [0.05, 0.1) is 4.90 Å². The number of carbonyl (C=O) groups is 1. The van der Waals surface area contributed by atoms with Crippen LogP contribution >= 0.6 is 0 Å². The molecule has 2 rings (SSSR count). The first-order valence-electron chi connectivity index (χ1n) is 6.79. The molecule has 10 heteroatoms. The van der Waals surface area contributed by atoms with Crippen LogP contribution < -0.4 is 15.8 Å². The molecule has 0 unspecified atom stereocenters. The quantitative estimate of drug-likeness (QED) is 0.786. The second kappa shape index (κ2) is 6.77. The van der Waals surface area contributed by atoms with Crippen molar-refractivity contribution in [1.82, 2.24) is 9.62 Å². The fourth-order valence-electron chi connectivity index (χ4n) is 2.44. The molecule has 1 saturated heterocycles. The number of carbonyl (C=O) groups excluding carboxylic acids is 1. The maximum absolute atomic E-state index is 12.6.